The number of aryl methyl sites for hydroxylation is 2. The van der Waals surface area contributed by atoms with Crippen molar-refractivity contribution in [3.8, 4) is 33.9 Å². The Hall–Kier alpha value is -5.12. The van der Waals surface area contributed by atoms with Gasteiger partial charge in [-0.25, -0.2) is 4.98 Å². The van der Waals surface area contributed by atoms with Gasteiger partial charge in [-0.05, 0) is 99.3 Å². The number of ether oxygens (including phenoxy) is 1. The predicted molar refractivity (Wildman–Crippen MR) is 176 cm³/mol. The summed E-state index contributed by atoms with van der Waals surface area (Å²) >= 11 is 0. The van der Waals surface area contributed by atoms with Crippen molar-refractivity contribution in [1.82, 2.24) is 15.6 Å². The van der Waals surface area contributed by atoms with E-state index in [1.807, 2.05) is 45.0 Å². The minimum atomic E-state index is -4.42. The average Bonchev–Trinajstić information content (AvgIpc) is 3.41. The third kappa shape index (κ3) is 8.00. The van der Waals surface area contributed by atoms with Gasteiger partial charge in [-0.2, -0.15) is 13.2 Å². The number of furan rings is 1. The van der Waals surface area contributed by atoms with Crippen LogP contribution in [0.4, 0.5) is 13.2 Å². The third-order valence-corrected chi connectivity index (χ3v) is 7.47. The fourth-order valence-electron chi connectivity index (χ4n) is 5.16. The van der Waals surface area contributed by atoms with Crippen molar-refractivity contribution in [3.05, 3.63) is 101 Å². The number of hydrogen-bond donors (Lipinski definition) is 2. The molecule has 2 amide bonds. The Balaban J connectivity index is 1.59. The quantitative estimate of drug-likeness (QED) is 0.167. The Morgan fingerprint density at radius 1 is 0.872 bits per heavy atom. The normalized spacial score (nSPS) is 11.8. The third-order valence-electron chi connectivity index (χ3n) is 7.47. The number of aromatic nitrogens is 1. The van der Waals surface area contributed by atoms with Crippen molar-refractivity contribution in [2.75, 3.05) is 7.05 Å². The molecule has 10 heteroatoms. The van der Waals surface area contributed by atoms with E-state index in [0.717, 1.165) is 6.42 Å². The summed E-state index contributed by atoms with van der Waals surface area (Å²) in [6.45, 7) is 7.63. The van der Waals surface area contributed by atoms with E-state index in [4.69, 9.17) is 9.15 Å². The molecule has 7 nitrogen and oxygen atoms in total. The lowest BCUT2D eigenvalue weighted by molar-refractivity contribution is -0.134. The highest BCUT2D eigenvalue weighted by molar-refractivity contribution is 6.11. The number of pyridine rings is 1. The Bertz CT molecular complexity index is 1910. The van der Waals surface area contributed by atoms with Crippen LogP contribution in [-0.2, 0) is 12.8 Å². The van der Waals surface area contributed by atoms with E-state index in [9.17, 15) is 22.8 Å². The van der Waals surface area contributed by atoms with E-state index in [2.05, 4.69) is 22.5 Å². The molecular formula is C37H36F3N3O4. The van der Waals surface area contributed by atoms with E-state index >= 15 is 0 Å². The minimum absolute atomic E-state index is 0.0255. The van der Waals surface area contributed by atoms with E-state index < -0.39 is 30.5 Å². The van der Waals surface area contributed by atoms with Crippen LogP contribution in [0.1, 0.15) is 66.1 Å². The Morgan fingerprint density at radius 3 is 2.13 bits per heavy atom. The van der Waals surface area contributed by atoms with Crippen molar-refractivity contribution in [1.29, 1.82) is 0 Å². The molecule has 5 aromatic rings. The predicted octanol–water partition coefficient (Wildman–Crippen LogP) is 8.90. The van der Waals surface area contributed by atoms with E-state index in [-0.39, 0.29) is 28.6 Å². The van der Waals surface area contributed by atoms with Crippen LogP contribution < -0.4 is 15.4 Å². The van der Waals surface area contributed by atoms with E-state index in [0.29, 0.717) is 39.1 Å². The lowest BCUT2D eigenvalue weighted by Crippen LogP contribution is -2.40. The number of halogens is 3. The van der Waals surface area contributed by atoms with Crippen molar-refractivity contribution < 1.29 is 31.9 Å². The molecule has 0 saturated heterocycles. The molecule has 0 bridgehead atoms. The molecule has 0 atom stereocenters. The average molecular weight is 644 g/mol. The highest BCUT2D eigenvalue weighted by Crippen LogP contribution is 2.38. The Labute approximate surface area is 271 Å². The van der Waals surface area contributed by atoms with Crippen molar-refractivity contribution in [3.63, 3.8) is 0 Å². The highest BCUT2D eigenvalue weighted by Gasteiger charge is 2.29. The second kappa shape index (κ2) is 13.3. The summed E-state index contributed by atoms with van der Waals surface area (Å²) in [5.74, 6) is 0.674. The van der Waals surface area contributed by atoms with Crippen LogP contribution in [0.25, 0.3) is 33.6 Å². The smallest absolute Gasteiger partial charge is 0.389 e. The summed E-state index contributed by atoms with van der Waals surface area (Å²) in [7, 11) is 1.48. The zero-order valence-corrected chi connectivity index (χ0v) is 26.8. The van der Waals surface area contributed by atoms with Gasteiger partial charge in [0.2, 0.25) is 5.71 Å². The number of rotatable bonds is 9. The van der Waals surface area contributed by atoms with E-state index in [1.54, 1.807) is 54.6 Å². The number of nitrogens with zero attached hydrogens (tertiary/aromatic N) is 1. The molecule has 0 radical (unpaired) electrons. The second-order valence-corrected chi connectivity index (χ2v) is 12.2. The van der Waals surface area contributed by atoms with Crippen LogP contribution in [-0.4, -0.2) is 35.6 Å². The van der Waals surface area contributed by atoms with Crippen molar-refractivity contribution >= 4 is 22.9 Å². The first-order valence-electron chi connectivity index (χ1n) is 15.3. The highest BCUT2D eigenvalue weighted by atomic mass is 19.4. The summed E-state index contributed by atoms with van der Waals surface area (Å²) in [5, 5.41) is 5.86. The molecule has 0 saturated carbocycles. The zero-order valence-electron chi connectivity index (χ0n) is 26.8. The van der Waals surface area contributed by atoms with Crippen LogP contribution in [0.2, 0.25) is 0 Å². The first-order valence-corrected chi connectivity index (χ1v) is 15.3. The molecule has 0 aliphatic rings. The van der Waals surface area contributed by atoms with Crippen LogP contribution in [0, 0.1) is 0 Å². The lowest BCUT2D eigenvalue weighted by Gasteiger charge is -2.20. The summed E-state index contributed by atoms with van der Waals surface area (Å²) < 4.78 is 52.3. The number of nitrogens with one attached hydrogen (secondary N) is 2. The van der Waals surface area contributed by atoms with Crippen LogP contribution in [0.3, 0.4) is 0 Å². The lowest BCUT2D eigenvalue weighted by atomic mass is 9.96. The largest absolute Gasteiger partial charge is 0.457 e. The molecule has 0 aliphatic heterocycles. The molecule has 47 heavy (non-hydrogen) atoms. The maximum absolute atomic E-state index is 13.4. The number of alkyl halides is 3. The molecule has 0 fully saturated rings. The van der Waals surface area contributed by atoms with E-state index in [1.165, 1.54) is 12.6 Å². The number of hydrogen-bond acceptors (Lipinski definition) is 5. The maximum atomic E-state index is 13.4. The first kappa shape index (κ1) is 33.2. The van der Waals surface area contributed by atoms with Crippen LogP contribution in [0.5, 0.6) is 11.5 Å². The molecule has 5 rings (SSSR count). The van der Waals surface area contributed by atoms with Gasteiger partial charge in [-0.15, -0.1) is 0 Å². The van der Waals surface area contributed by atoms with Gasteiger partial charge in [0.1, 0.15) is 17.3 Å². The topological polar surface area (TPSA) is 93.5 Å². The SMILES string of the molecule is CCc1ccc(Oc2ccc(-c3oc4nc(CCC(F)(F)F)c(-c5cccc(C(=O)NC(C)(C)C)c5)cc4c3C(=O)NC)cc2)cc1. The Kier molecular flexibility index (Phi) is 9.42. The molecule has 244 valence electrons. The van der Waals surface area contributed by atoms with Crippen molar-refractivity contribution in [2.24, 2.45) is 0 Å². The van der Waals surface area contributed by atoms with Gasteiger partial charge in [-0.1, -0.05) is 31.2 Å². The van der Waals surface area contributed by atoms with Gasteiger partial charge < -0.3 is 19.8 Å². The number of carbonyl (C=O) groups excluding carboxylic acids is 2. The standard InChI is InChI=1S/C37H36F3N3O4/c1-6-22-10-14-26(15-11-22)46-27-16-12-23(13-17-27)32-31(34(45)41-5)29-21-28(30(42-35(29)47-32)18-19-37(38,39)40)24-8-7-9-25(20-24)33(44)43-36(2,3)4/h7-17,20-21H,6,18-19H2,1-5H3,(H,41,45)(H,43,44). The molecule has 0 spiro atoms. The summed E-state index contributed by atoms with van der Waals surface area (Å²) in [5.41, 5.74) is 2.77. The molecule has 2 aromatic heterocycles. The van der Waals surface area contributed by atoms with Gasteiger partial charge in [0.05, 0.1) is 16.6 Å². The fourth-order valence-corrected chi connectivity index (χ4v) is 5.16. The second-order valence-electron chi connectivity index (χ2n) is 12.2. The van der Waals surface area contributed by atoms with Crippen LogP contribution >= 0.6 is 0 Å². The first-order chi connectivity index (χ1) is 22.2. The minimum Gasteiger partial charge on any atom is -0.457 e. The number of amides is 2. The number of benzene rings is 3. The summed E-state index contributed by atoms with van der Waals surface area (Å²) in [6, 6.07) is 22.9. The van der Waals surface area contributed by atoms with Crippen LogP contribution in [0.15, 0.2) is 83.3 Å². The monoisotopic (exact) mass is 643 g/mol. The summed E-state index contributed by atoms with van der Waals surface area (Å²) in [4.78, 5) is 30.8. The zero-order chi connectivity index (χ0) is 33.9. The van der Waals surface area contributed by atoms with Gasteiger partial charge in [-0.3, -0.25) is 9.59 Å². The van der Waals surface area contributed by atoms with Gasteiger partial charge in [0.15, 0.2) is 0 Å². The summed E-state index contributed by atoms with van der Waals surface area (Å²) in [6.07, 6.45) is -5.04. The molecule has 3 aromatic carbocycles. The maximum Gasteiger partial charge on any atom is 0.389 e. The van der Waals surface area contributed by atoms with Gasteiger partial charge in [0, 0.05) is 35.7 Å². The molecule has 2 heterocycles. The molecule has 0 unspecified atom stereocenters. The fraction of sp³-hybridized carbons (Fsp3) is 0.270. The molecular weight excluding hydrogens is 607 g/mol. The Morgan fingerprint density at radius 2 is 1.53 bits per heavy atom. The number of fused-ring (bicyclic) bond motifs is 1. The van der Waals surface area contributed by atoms with Gasteiger partial charge in [0.25, 0.3) is 11.8 Å². The molecule has 2 N–H and O–H groups in total. The van der Waals surface area contributed by atoms with Crippen molar-refractivity contribution in [2.45, 2.75) is 58.7 Å². The molecule has 0 aliphatic carbocycles. The number of carbonyl (C=O) groups is 2. The van der Waals surface area contributed by atoms with Gasteiger partial charge >= 0.3 is 6.18 Å².